The van der Waals surface area contributed by atoms with Gasteiger partial charge < -0.3 is 9.64 Å². The third-order valence-corrected chi connectivity index (χ3v) is 1.99. The lowest BCUT2D eigenvalue weighted by Gasteiger charge is -2.12. The van der Waals surface area contributed by atoms with E-state index in [1.807, 2.05) is 49.3 Å². The molecule has 3 heteroatoms. The number of rotatable bonds is 5. The Morgan fingerprint density at radius 2 is 1.94 bits per heavy atom. The van der Waals surface area contributed by atoms with Crippen LogP contribution in [0.2, 0.25) is 0 Å². The molecule has 1 rings (SSSR count). The van der Waals surface area contributed by atoms with Crippen LogP contribution in [0, 0.1) is 0 Å². The summed E-state index contributed by atoms with van der Waals surface area (Å²) in [7, 11) is 3.74. The van der Waals surface area contributed by atoms with Crippen LogP contribution in [0.15, 0.2) is 42.6 Å². The van der Waals surface area contributed by atoms with Gasteiger partial charge in [-0.25, -0.2) is 0 Å². The lowest BCUT2D eigenvalue weighted by Crippen LogP contribution is -2.22. The van der Waals surface area contributed by atoms with E-state index in [-0.39, 0.29) is 5.78 Å². The Kier molecular flexibility index (Phi) is 4.58. The zero-order valence-corrected chi connectivity index (χ0v) is 9.88. The van der Waals surface area contributed by atoms with Gasteiger partial charge in [0.2, 0.25) is 0 Å². The normalized spacial score (nSPS) is 12.4. The SMILES string of the molecule is CC(Oc1ccccc1)C(=O)/C=C/N(C)C. The average Bonchev–Trinajstić information content (AvgIpc) is 2.27. The summed E-state index contributed by atoms with van der Waals surface area (Å²) in [5.74, 6) is 0.666. The number of nitrogens with zero attached hydrogens (tertiary/aromatic N) is 1. The van der Waals surface area contributed by atoms with E-state index in [1.165, 1.54) is 6.08 Å². The van der Waals surface area contributed by atoms with Crippen LogP contribution in [-0.4, -0.2) is 30.9 Å². The van der Waals surface area contributed by atoms with Gasteiger partial charge in [-0.05, 0) is 19.1 Å². The Bertz CT molecular complexity index is 357. The Balaban J connectivity index is 2.53. The van der Waals surface area contributed by atoms with E-state index >= 15 is 0 Å². The number of carbonyl (C=O) groups is 1. The van der Waals surface area contributed by atoms with E-state index in [1.54, 1.807) is 13.1 Å². The highest BCUT2D eigenvalue weighted by molar-refractivity contribution is 5.93. The Hall–Kier alpha value is -1.77. The Morgan fingerprint density at radius 1 is 1.31 bits per heavy atom. The van der Waals surface area contributed by atoms with Gasteiger partial charge in [-0.15, -0.1) is 0 Å². The molecule has 0 saturated carbocycles. The molecule has 0 N–H and O–H groups in total. The van der Waals surface area contributed by atoms with Gasteiger partial charge in [0.05, 0.1) is 0 Å². The molecule has 0 aliphatic carbocycles. The third kappa shape index (κ3) is 4.17. The summed E-state index contributed by atoms with van der Waals surface area (Å²) in [5.41, 5.74) is 0. The first kappa shape index (κ1) is 12.3. The van der Waals surface area contributed by atoms with Crippen molar-refractivity contribution in [3.8, 4) is 5.75 Å². The number of para-hydroxylation sites is 1. The van der Waals surface area contributed by atoms with Gasteiger partial charge >= 0.3 is 0 Å². The number of hydrogen-bond donors (Lipinski definition) is 0. The Labute approximate surface area is 96.3 Å². The molecule has 0 radical (unpaired) electrons. The fraction of sp³-hybridized carbons (Fsp3) is 0.308. The second kappa shape index (κ2) is 5.95. The molecule has 1 aromatic carbocycles. The van der Waals surface area contributed by atoms with Gasteiger partial charge in [-0.2, -0.15) is 0 Å². The van der Waals surface area contributed by atoms with Crippen LogP contribution in [0.1, 0.15) is 6.92 Å². The summed E-state index contributed by atoms with van der Waals surface area (Å²) < 4.78 is 5.49. The number of ether oxygens (including phenoxy) is 1. The molecule has 3 nitrogen and oxygen atoms in total. The van der Waals surface area contributed by atoms with Crippen molar-refractivity contribution in [2.24, 2.45) is 0 Å². The molecule has 1 atom stereocenters. The van der Waals surface area contributed by atoms with Gasteiger partial charge in [0.15, 0.2) is 11.9 Å². The van der Waals surface area contributed by atoms with E-state index in [9.17, 15) is 4.79 Å². The highest BCUT2D eigenvalue weighted by Gasteiger charge is 2.10. The van der Waals surface area contributed by atoms with E-state index in [2.05, 4.69) is 0 Å². The zero-order valence-electron chi connectivity index (χ0n) is 9.88. The lowest BCUT2D eigenvalue weighted by molar-refractivity contribution is -0.120. The van der Waals surface area contributed by atoms with Gasteiger partial charge in [-0.1, -0.05) is 18.2 Å². The van der Waals surface area contributed by atoms with E-state index < -0.39 is 6.10 Å². The molecule has 0 saturated heterocycles. The van der Waals surface area contributed by atoms with Crippen molar-refractivity contribution in [3.63, 3.8) is 0 Å². The van der Waals surface area contributed by atoms with Gasteiger partial charge in [0.1, 0.15) is 5.75 Å². The molecule has 0 aliphatic rings. The van der Waals surface area contributed by atoms with Crippen molar-refractivity contribution in [1.82, 2.24) is 4.90 Å². The van der Waals surface area contributed by atoms with E-state index in [4.69, 9.17) is 4.74 Å². The summed E-state index contributed by atoms with van der Waals surface area (Å²) >= 11 is 0. The minimum atomic E-state index is -0.460. The highest BCUT2D eigenvalue weighted by Crippen LogP contribution is 2.11. The Morgan fingerprint density at radius 3 is 2.50 bits per heavy atom. The molecule has 16 heavy (non-hydrogen) atoms. The summed E-state index contributed by atoms with van der Waals surface area (Å²) in [4.78, 5) is 13.4. The van der Waals surface area contributed by atoms with Gasteiger partial charge in [-0.3, -0.25) is 4.79 Å². The van der Waals surface area contributed by atoms with Crippen LogP contribution in [0.3, 0.4) is 0 Å². The minimum absolute atomic E-state index is 0.0439. The van der Waals surface area contributed by atoms with E-state index in [0.29, 0.717) is 5.75 Å². The number of benzene rings is 1. The van der Waals surface area contributed by atoms with Crippen LogP contribution in [-0.2, 0) is 4.79 Å². The molecule has 0 heterocycles. The monoisotopic (exact) mass is 219 g/mol. The quantitative estimate of drug-likeness (QED) is 0.710. The maximum Gasteiger partial charge on any atom is 0.197 e. The van der Waals surface area contributed by atoms with Crippen LogP contribution in [0.25, 0.3) is 0 Å². The summed E-state index contributed by atoms with van der Waals surface area (Å²) in [6.07, 6.45) is 2.78. The van der Waals surface area contributed by atoms with E-state index in [0.717, 1.165) is 0 Å². The molecular formula is C13H17NO2. The van der Waals surface area contributed by atoms with Crippen LogP contribution in [0.4, 0.5) is 0 Å². The summed E-state index contributed by atoms with van der Waals surface area (Å²) in [5, 5.41) is 0. The number of ketones is 1. The van der Waals surface area contributed by atoms with Crippen molar-refractivity contribution in [3.05, 3.63) is 42.6 Å². The summed E-state index contributed by atoms with van der Waals surface area (Å²) in [6.45, 7) is 1.75. The first-order valence-electron chi connectivity index (χ1n) is 5.20. The fourth-order valence-electron chi connectivity index (χ4n) is 1.12. The minimum Gasteiger partial charge on any atom is -0.483 e. The van der Waals surface area contributed by atoms with Crippen LogP contribution >= 0.6 is 0 Å². The van der Waals surface area contributed by atoms with Crippen molar-refractivity contribution >= 4 is 5.78 Å². The van der Waals surface area contributed by atoms with Gasteiger partial charge in [0.25, 0.3) is 0 Å². The second-order valence-electron chi connectivity index (χ2n) is 3.75. The summed E-state index contributed by atoms with van der Waals surface area (Å²) in [6, 6.07) is 9.33. The molecule has 86 valence electrons. The largest absolute Gasteiger partial charge is 0.483 e. The predicted molar refractivity (Wildman–Crippen MR) is 64.4 cm³/mol. The lowest BCUT2D eigenvalue weighted by atomic mass is 10.2. The molecule has 0 amide bonds. The fourth-order valence-corrected chi connectivity index (χ4v) is 1.12. The van der Waals surface area contributed by atoms with Crippen molar-refractivity contribution in [2.45, 2.75) is 13.0 Å². The topological polar surface area (TPSA) is 29.5 Å². The second-order valence-corrected chi connectivity index (χ2v) is 3.75. The molecule has 1 unspecified atom stereocenters. The molecule has 0 fully saturated rings. The molecule has 0 aromatic heterocycles. The molecule has 1 aromatic rings. The predicted octanol–water partition coefficient (Wildman–Crippen LogP) is 2.10. The van der Waals surface area contributed by atoms with Crippen molar-refractivity contribution < 1.29 is 9.53 Å². The van der Waals surface area contributed by atoms with Gasteiger partial charge in [0, 0.05) is 26.4 Å². The van der Waals surface area contributed by atoms with Crippen LogP contribution in [0.5, 0.6) is 5.75 Å². The molecule has 0 aliphatic heterocycles. The number of carbonyl (C=O) groups excluding carboxylic acids is 1. The van der Waals surface area contributed by atoms with Crippen molar-refractivity contribution in [1.29, 1.82) is 0 Å². The molecule has 0 spiro atoms. The third-order valence-electron chi connectivity index (χ3n) is 1.99. The average molecular weight is 219 g/mol. The molecule has 0 bridgehead atoms. The maximum atomic E-state index is 11.6. The molecular weight excluding hydrogens is 202 g/mol. The zero-order chi connectivity index (χ0) is 12.0. The van der Waals surface area contributed by atoms with Crippen LogP contribution < -0.4 is 4.74 Å². The standard InChI is InChI=1S/C13H17NO2/c1-11(13(15)9-10-14(2)3)16-12-7-5-4-6-8-12/h4-11H,1-3H3/b10-9+. The highest BCUT2D eigenvalue weighted by atomic mass is 16.5. The number of hydrogen-bond acceptors (Lipinski definition) is 3. The first-order valence-corrected chi connectivity index (χ1v) is 5.20. The maximum absolute atomic E-state index is 11.6. The van der Waals surface area contributed by atoms with Crippen molar-refractivity contribution in [2.75, 3.05) is 14.1 Å². The first-order chi connectivity index (χ1) is 7.59. The smallest absolute Gasteiger partial charge is 0.197 e.